The quantitative estimate of drug-likeness (QED) is 0.369. The molecule has 0 amide bonds. The Labute approximate surface area is 197 Å². The van der Waals surface area contributed by atoms with Crippen molar-refractivity contribution >= 4 is 5.97 Å². The smallest absolute Gasteiger partial charge is 0.354 e. The van der Waals surface area contributed by atoms with E-state index < -0.39 is 5.97 Å². The Morgan fingerprint density at radius 2 is 1.74 bits per heavy atom. The number of aromatic carboxylic acids is 1. The van der Waals surface area contributed by atoms with Gasteiger partial charge in [-0.1, -0.05) is 75.2 Å². The molecule has 34 heavy (non-hydrogen) atoms. The highest BCUT2D eigenvalue weighted by molar-refractivity contribution is 5.87. The SMILES string of the molecule is CCCCn1c(C(=O)O)c(CCC)n(Cc2ccc(-c3ccccc3-c3nn[nH]n3)cc2)c1=O. The highest BCUT2D eigenvalue weighted by atomic mass is 16.4. The van der Waals surface area contributed by atoms with Crippen LogP contribution in [0, 0.1) is 0 Å². The van der Waals surface area contributed by atoms with Gasteiger partial charge in [-0.05, 0) is 34.7 Å². The average molecular weight is 461 g/mol. The number of tetrazole rings is 1. The third-order valence-corrected chi connectivity index (χ3v) is 5.87. The second kappa shape index (κ2) is 10.3. The van der Waals surface area contributed by atoms with Crippen LogP contribution in [0.3, 0.4) is 0 Å². The lowest BCUT2D eigenvalue weighted by molar-refractivity contribution is 0.0683. The van der Waals surface area contributed by atoms with Gasteiger partial charge in [-0.15, -0.1) is 10.2 Å². The summed E-state index contributed by atoms with van der Waals surface area (Å²) in [6.07, 6.45) is 2.92. The lowest BCUT2D eigenvalue weighted by Gasteiger charge is -2.10. The summed E-state index contributed by atoms with van der Waals surface area (Å²) in [5.74, 6) is -0.533. The van der Waals surface area contributed by atoms with Crippen LogP contribution in [0.15, 0.2) is 53.3 Å². The molecule has 9 heteroatoms. The number of carboxylic acid groups (broad SMARTS) is 1. The van der Waals surface area contributed by atoms with Crippen molar-refractivity contribution in [3.63, 3.8) is 0 Å². The van der Waals surface area contributed by atoms with Crippen LogP contribution in [-0.4, -0.2) is 40.8 Å². The third kappa shape index (κ3) is 4.54. The normalized spacial score (nSPS) is 11.1. The highest BCUT2D eigenvalue weighted by Crippen LogP contribution is 2.29. The summed E-state index contributed by atoms with van der Waals surface area (Å²) >= 11 is 0. The minimum atomic E-state index is -1.05. The number of rotatable bonds is 10. The van der Waals surface area contributed by atoms with Gasteiger partial charge in [-0.25, -0.2) is 9.59 Å². The maximum atomic E-state index is 13.2. The second-order valence-corrected chi connectivity index (χ2v) is 8.20. The van der Waals surface area contributed by atoms with Crippen molar-refractivity contribution in [3.05, 3.63) is 76.0 Å². The molecule has 0 atom stereocenters. The molecular weight excluding hydrogens is 432 g/mol. The Morgan fingerprint density at radius 3 is 2.35 bits per heavy atom. The Balaban J connectivity index is 1.69. The van der Waals surface area contributed by atoms with Crippen molar-refractivity contribution in [1.29, 1.82) is 0 Å². The van der Waals surface area contributed by atoms with Gasteiger partial charge >= 0.3 is 11.7 Å². The molecule has 2 aromatic heterocycles. The van der Waals surface area contributed by atoms with E-state index in [1.807, 2.05) is 62.4 Å². The van der Waals surface area contributed by atoms with Crippen LogP contribution >= 0.6 is 0 Å². The lowest BCUT2D eigenvalue weighted by atomic mass is 9.98. The monoisotopic (exact) mass is 460 g/mol. The molecule has 0 aliphatic carbocycles. The number of hydrogen-bond acceptors (Lipinski definition) is 5. The maximum Gasteiger partial charge on any atom is 0.354 e. The minimum absolute atomic E-state index is 0.117. The van der Waals surface area contributed by atoms with Crippen LogP contribution in [-0.2, 0) is 19.5 Å². The van der Waals surface area contributed by atoms with Gasteiger partial charge in [-0.2, -0.15) is 5.21 Å². The number of aromatic amines is 1. The fraction of sp³-hybridized carbons (Fsp3) is 0.320. The van der Waals surface area contributed by atoms with Crippen LogP contribution in [0.25, 0.3) is 22.5 Å². The Kier molecular flexibility index (Phi) is 7.01. The zero-order valence-electron chi connectivity index (χ0n) is 19.4. The largest absolute Gasteiger partial charge is 0.477 e. The molecule has 0 aliphatic rings. The molecule has 0 saturated heterocycles. The van der Waals surface area contributed by atoms with E-state index in [9.17, 15) is 14.7 Å². The number of nitrogens with one attached hydrogen (secondary N) is 1. The molecule has 4 aromatic rings. The van der Waals surface area contributed by atoms with E-state index in [1.54, 1.807) is 4.57 Å². The Hall–Kier alpha value is -4.01. The molecular formula is C25H28N6O3. The predicted octanol–water partition coefficient (Wildman–Crippen LogP) is 4.00. The molecule has 0 fully saturated rings. The number of imidazole rings is 1. The molecule has 0 radical (unpaired) electrons. The standard InChI is InChI=1S/C25H28N6O3/c1-3-5-15-30-22(24(32)33)21(8-4-2)31(25(30)34)16-17-11-13-18(14-12-17)19-9-6-7-10-20(19)23-26-28-29-27-23/h6-7,9-14H,3-5,8,15-16H2,1-2H3,(H,32,33)(H,26,27,28,29). The zero-order valence-corrected chi connectivity index (χ0v) is 19.4. The van der Waals surface area contributed by atoms with Gasteiger partial charge in [0.05, 0.1) is 12.2 Å². The van der Waals surface area contributed by atoms with Crippen LogP contribution in [0.2, 0.25) is 0 Å². The number of aromatic nitrogens is 6. The molecule has 2 aromatic carbocycles. The molecule has 0 bridgehead atoms. The van der Waals surface area contributed by atoms with Gasteiger partial charge in [0.25, 0.3) is 0 Å². The average Bonchev–Trinajstić information content (AvgIpc) is 3.47. The highest BCUT2D eigenvalue weighted by Gasteiger charge is 2.24. The molecule has 4 rings (SSSR count). The lowest BCUT2D eigenvalue weighted by Crippen LogP contribution is -2.26. The molecule has 2 heterocycles. The van der Waals surface area contributed by atoms with Crippen molar-refractivity contribution in [3.8, 4) is 22.5 Å². The molecule has 0 aliphatic heterocycles. The number of carboxylic acids is 1. The first kappa shape index (κ1) is 23.2. The van der Waals surface area contributed by atoms with E-state index in [2.05, 4.69) is 20.6 Å². The van der Waals surface area contributed by atoms with Crippen molar-refractivity contribution < 1.29 is 9.90 Å². The van der Waals surface area contributed by atoms with Crippen molar-refractivity contribution in [2.45, 2.75) is 52.6 Å². The molecule has 9 nitrogen and oxygen atoms in total. The van der Waals surface area contributed by atoms with Crippen molar-refractivity contribution in [2.75, 3.05) is 0 Å². The van der Waals surface area contributed by atoms with Crippen LogP contribution < -0.4 is 5.69 Å². The van der Waals surface area contributed by atoms with E-state index in [-0.39, 0.29) is 11.4 Å². The number of hydrogen-bond donors (Lipinski definition) is 2. The first-order valence-electron chi connectivity index (χ1n) is 11.5. The zero-order chi connectivity index (χ0) is 24.1. The van der Waals surface area contributed by atoms with Crippen molar-refractivity contribution in [1.82, 2.24) is 29.8 Å². The van der Waals surface area contributed by atoms with E-state index in [4.69, 9.17) is 0 Å². The predicted molar refractivity (Wildman–Crippen MR) is 129 cm³/mol. The number of carbonyl (C=O) groups is 1. The number of nitrogens with zero attached hydrogens (tertiary/aromatic N) is 5. The van der Waals surface area contributed by atoms with Crippen LogP contribution in [0.4, 0.5) is 0 Å². The molecule has 176 valence electrons. The summed E-state index contributed by atoms with van der Waals surface area (Å²) in [6, 6.07) is 15.7. The summed E-state index contributed by atoms with van der Waals surface area (Å²) in [5.41, 5.74) is 4.18. The first-order valence-corrected chi connectivity index (χ1v) is 11.5. The Morgan fingerprint density at radius 1 is 1.00 bits per heavy atom. The van der Waals surface area contributed by atoms with Gasteiger partial charge in [0.2, 0.25) is 5.82 Å². The maximum absolute atomic E-state index is 13.2. The summed E-state index contributed by atoms with van der Waals surface area (Å²) in [5, 5.41) is 24.2. The van der Waals surface area contributed by atoms with Gasteiger partial charge < -0.3 is 5.11 Å². The second-order valence-electron chi connectivity index (χ2n) is 8.20. The number of H-pyrrole nitrogens is 1. The van der Waals surface area contributed by atoms with Crippen molar-refractivity contribution in [2.24, 2.45) is 0 Å². The van der Waals surface area contributed by atoms with Gasteiger partial charge in [0.15, 0.2) is 5.69 Å². The van der Waals surface area contributed by atoms with Crippen LogP contribution in [0.1, 0.15) is 54.9 Å². The fourth-order valence-corrected chi connectivity index (χ4v) is 4.23. The molecule has 2 N–H and O–H groups in total. The van der Waals surface area contributed by atoms with E-state index in [0.717, 1.165) is 41.5 Å². The summed E-state index contributed by atoms with van der Waals surface area (Å²) in [7, 11) is 0. The summed E-state index contributed by atoms with van der Waals surface area (Å²) in [6.45, 7) is 4.74. The molecule has 0 unspecified atom stereocenters. The summed E-state index contributed by atoms with van der Waals surface area (Å²) in [4.78, 5) is 25.2. The van der Waals surface area contributed by atoms with E-state index >= 15 is 0 Å². The van der Waals surface area contributed by atoms with E-state index in [0.29, 0.717) is 31.0 Å². The third-order valence-electron chi connectivity index (χ3n) is 5.87. The van der Waals surface area contributed by atoms with Gasteiger partial charge in [-0.3, -0.25) is 9.13 Å². The van der Waals surface area contributed by atoms with Gasteiger partial charge in [0.1, 0.15) is 0 Å². The fourth-order valence-electron chi connectivity index (χ4n) is 4.23. The van der Waals surface area contributed by atoms with E-state index in [1.165, 1.54) is 4.57 Å². The van der Waals surface area contributed by atoms with Gasteiger partial charge in [0, 0.05) is 12.1 Å². The minimum Gasteiger partial charge on any atom is -0.477 e. The Bertz CT molecular complexity index is 1320. The topological polar surface area (TPSA) is 119 Å². The summed E-state index contributed by atoms with van der Waals surface area (Å²) < 4.78 is 3.04. The number of benzene rings is 2. The molecule has 0 saturated carbocycles. The first-order chi connectivity index (χ1) is 16.5. The molecule has 0 spiro atoms. The van der Waals surface area contributed by atoms with Crippen LogP contribution in [0.5, 0.6) is 0 Å². The number of unbranched alkanes of at least 4 members (excludes halogenated alkanes) is 1.